The number of aryl methyl sites for hydroxylation is 1. The summed E-state index contributed by atoms with van der Waals surface area (Å²) >= 11 is 0. The Morgan fingerprint density at radius 2 is 2.00 bits per heavy atom. The molecule has 0 aliphatic heterocycles. The fourth-order valence-corrected chi connectivity index (χ4v) is 0.881. The van der Waals surface area contributed by atoms with Crippen molar-refractivity contribution < 1.29 is 40.7 Å². The largest absolute Gasteiger partial charge is 0.741 e. The van der Waals surface area contributed by atoms with E-state index in [1.807, 2.05) is 23.9 Å². The number of methoxy groups -OCH3 is 1. The molecule has 11 heteroatoms. The quantitative estimate of drug-likeness (QED) is 0.212. The molecule has 0 aromatic carbocycles. The normalized spacial score (nSPS) is 11.9. The highest BCUT2D eigenvalue weighted by atomic mass is 32.2. The minimum Gasteiger partial charge on any atom is -0.741 e. The molecule has 1 rings (SSSR count). The molecule has 0 amide bonds. The van der Waals surface area contributed by atoms with Crippen LogP contribution in [-0.2, 0) is 17.2 Å². The molecule has 1 aromatic rings. The van der Waals surface area contributed by atoms with Crippen LogP contribution >= 0.6 is 0 Å². The lowest BCUT2D eigenvalue weighted by molar-refractivity contribution is -0.672. The van der Waals surface area contributed by atoms with E-state index in [0.717, 1.165) is 11.4 Å². The molecule has 0 spiro atoms. The van der Waals surface area contributed by atoms with Gasteiger partial charge in [-0.3, -0.25) is 0 Å². The number of rotatable bonds is 2. The summed E-state index contributed by atoms with van der Waals surface area (Å²) in [6.07, 6.45) is 3.18. The second-order valence-electron chi connectivity index (χ2n) is 3.25. The molecule has 114 valence electrons. The zero-order chi connectivity index (χ0) is 16.0. The maximum Gasteiger partial charge on any atom is 0.485 e. The van der Waals surface area contributed by atoms with Crippen LogP contribution < -0.4 is 9.30 Å². The van der Waals surface area contributed by atoms with E-state index in [1.54, 1.807) is 13.2 Å². The molecule has 0 fully saturated rings. The smallest absolute Gasteiger partial charge is 0.485 e. The Morgan fingerprint density at radius 3 is 2.35 bits per heavy atom. The Kier molecular flexibility index (Phi) is 6.39. The van der Waals surface area contributed by atoms with Crippen molar-refractivity contribution in [3.8, 4) is 5.75 Å². The van der Waals surface area contributed by atoms with E-state index in [1.165, 1.54) is 6.21 Å². The summed E-state index contributed by atoms with van der Waals surface area (Å²) in [5.41, 5.74) is -4.87. The molecular weight excluding hydrogens is 305 g/mol. The van der Waals surface area contributed by atoms with Gasteiger partial charge in [-0.1, -0.05) is 5.16 Å². The van der Waals surface area contributed by atoms with Crippen LogP contribution in [0.15, 0.2) is 23.5 Å². The van der Waals surface area contributed by atoms with Crippen LogP contribution in [0.4, 0.5) is 13.2 Å². The van der Waals surface area contributed by atoms with Crippen molar-refractivity contribution in [1.29, 1.82) is 0 Å². The van der Waals surface area contributed by atoms with Crippen LogP contribution in [0.2, 0.25) is 0 Å². The molecule has 0 unspecified atom stereocenters. The van der Waals surface area contributed by atoms with E-state index >= 15 is 0 Å². The summed E-state index contributed by atoms with van der Waals surface area (Å²) in [5.74, 6) is 0.739. The first-order valence-electron chi connectivity index (χ1n) is 4.76. The lowest BCUT2D eigenvalue weighted by atomic mass is 10.3. The predicted octanol–water partition coefficient (Wildman–Crippen LogP) is 0.379. The van der Waals surface area contributed by atoms with Gasteiger partial charge in [0.1, 0.15) is 19.0 Å². The van der Waals surface area contributed by atoms with Crippen molar-refractivity contribution in [3.63, 3.8) is 0 Å². The van der Waals surface area contributed by atoms with E-state index in [2.05, 4.69) is 5.16 Å². The summed E-state index contributed by atoms with van der Waals surface area (Å²) in [4.78, 5) is 0. The zero-order valence-electron chi connectivity index (χ0n) is 10.3. The summed E-state index contributed by atoms with van der Waals surface area (Å²) in [6, 6.07) is 3.61. The van der Waals surface area contributed by atoms with Crippen LogP contribution in [-0.4, -0.2) is 37.0 Å². The fraction of sp³-hybridized carbons (Fsp3) is 0.333. The molecular formula is C9H11F3N2O5S. The van der Waals surface area contributed by atoms with Gasteiger partial charge in [0, 0.05) is 6.07 Å². The van der Waals surface area contributed by atoms with Crippen LogP contribution in [0.25, 0.3) is 0 Å². The summed E-state index contributed by atoms with van der Waals surface area (Å²) in [7, 11) is -2.64. The molecule has 1 aromatic heterocycles. The van der Waals surface area contributed by atoms with E-state index in [0.29, 0.717) is 0 Å². The monoisotopic (exact) mass is 316 g/mol. The van der Waals surface area contributed by atoms with Gasteiger partial charge in [0.15, 0.2) is 16.3 Å². The fourth-order valence-electron chi connectivity index (χ4n) is 0.881. The van der Waals surface area contributed by atoms with Gasteiger partial charge in [0.05, 0.1) is 13.2 Å². The third-order valence-electron chi connectivity index (χ3n) is 1.87. The molecule has 0 atom stereocenters. The van der Waals surface area contributed by atoms with Gasteiger partial charge in [0.2, 0.25) is 5.69 Å². The average Bonchev–Trinajstić information content (AvgIpc) is 2.30. The summed E-state index contributed by atoms with van der Waals surface area (Å²) in [5, 5.41) is 11.3. The van der Waals surface area contributed by atoms with Crippen LogP contribution in [0.5, 0.6) is 5.75 Å². The highest BCUT2D eigenvalue weighted by molar-refractivity contribution is 7.86. The van der Waals surface area contributed by atoms with Crippen molar-refractivity contribution in [2.75, 3.05) is 7.11 Å². The number of hydrogen-bond donors (Lipinski definition) is 1. The highest BCUT2D eigenvalue weighted by Crippen LogP contribution is 2.20. The predicted molar refractivity (Wildman–Crippen MR) is 59.3 cm³/mol. The molecule has 0 saturated carbocycles. The van der Waals surface area contributed by atoms with Gasteiger partial charge >= 0.3 is 5.51 Å². The van der Waals surface area contributed by atoms with Crippen molar-refractivity contribution in [2.45, 2.75) is 5.51 Å². The third kappa shape index (κ3) is 5.84. The summed E-state index contributed by atoms with van der Waals surface area (Å²) in [6.45, 7) is 0. The molecule has 20 heavy (non-hydrogen) atoms. The molecule has 1 heterocycles. The van der Waals surface area contributed by atoms with Crippen LogP contribution in [0, 0.1) is 0 Å². The Morgan fingerprint density at radius 1 is 1.50 bits per heavy atom. The van der Waals surface area contributed by atoms with Gasteiger partial charge in [0.25, 0.3) is 0 Å². The Balaban J connectivity index is 0.000000396. The Hall–Kier alpha value is -1.88. The van der Waals surface area contributed by atoms with Crippen LogP contribution in [0.1, 0.15) is 5.69 Å². The third-order valence-corrected chi connectivity index (χ3v) is 2.44. The number of oxime groups is 1. The number of ether oxygens (including phenoxy) is 1. The minimum absolute atomic E-state index is 0.739. The maximum absolute atomic E-state index is 10.7. The van der Waals surface area contributed by atoms with Crippen molar-refractivity contribution in [2.24, 2.45) is 12.2 Å². The van der Waals surface area contributed by atoms with Crippen molar-refractivity contribution in [1.82, 2.24) is 0 Å². The number of aromatic nitrogens is 1. The SMILES string of the molecule is COc1cc[n+](C)c(/C=N\O)c1.O=S(=O)([O-])C(F)(F)F. The van der Waals surface area contributed by atoms with Gasteiger partial charge in [-0.05, 0) is 0 Å². The van der Waals surface area contributed by atoms with Crippen molar-refractivity contribution in [3.05, 3.63) is 24.0 Å². The zero-order valence-corrected chi connectivity index (χ0v) is 11.1. The Labute approximate surface area is 112 Å². The number of alkyl halides is 3. The van der Waals surface area contributed by atoms with Gasteiger partial charge in [-0.2, -0.15) is 17.7 Å². The molecule has 0 aliphatic rings. The van der Waals surface area contributed by atoms with E-state index in [-0.39, 0.29) is 0 Å². The van der Waals surface area contributed by atoms with Crippen molar-refractivity contribution >= 4 is 16.3 Å². The lowest BCUT2D eigenvalue weighted by Crippen LogP contribution is -2.32. The second-order valence-corrected chi connectivity index (χ2v) is 4.62. The Bertz CT molecular complexity index is 571. The number of halogens is 3. The topological polar surface area (TPSA) is 103 Å². The van der Waals surface area contributed by atoms with E-state index in [9.17, 15) is 13.2 Å². The maximum atomic E-state index is 10.7. The standard InChI is InChI=1S/C8H10N2O2.CHF3O3S/c1-10-4-3-8(12-2)5-7(10)6-9-11;2-1(3,4)8(5,6)7/h3-6H,1-2H3;(H,5,6,7). The first-order chi connectivity index (χ1) is 9.02. The number of hydrogen-bond acceptors (Lipinski definition) is 6. The van der Waals surface area contributed by atoms with Gasteiger partial charge in [-0.15, -0.1) is 0 Å². The molecule has 1 N–H and O–H groups in total. The van der Waals surface area contributed by atoms with Gasteiger partial charge in [-0.25, -0.2) is 8.42 Å². The molecule has 0 bridgehead atoms. The van der Waals surface area contributed by atoms with Crippen LogP contribution in [0.3, 0.4) is 0 Å². The lowest BCUT2D eigenvalue weighted by Gasteiger charge is -2.08. The van der Waals surface area contributed by atoms with E-state index in [4.69, 9.17) is 22.9 Å². The first kappa shape index (κ1) is 18.1. The minimum atomic E-state index is -6.09. The highest BCUT2D eigenvalue weighted by Gasteiger charge is 2.36. The van der Waals surface area contributed by atoms with Gasteiger partial charge < -0.3 is 14.5 Å². The average molecular weight is 316 g/mol. The number of pyridine rings is 1. The van der Waals surface area contributed by atoms with E-state index < -0.39 is 15.6 Å². The second kappa shape index (κ2) is 7.05. The molecule has 7 nitrogen and oxygen atoms in total. The summed E-state index contributed by atoms with van der Waals surface area (Å²) < 4.78 is 65.7. The molecule has 0 aliphatic carbocycles. The number of nitrogens with zero attached hydrogens (tertiary/aromatic N) is 2. The molecule has 0 saturated heterocycles. The first-order valence-corrected chi connectivity index (χ1v) is 6.17. The molecule has 0 radical (unpaired) electrons.